The molecule has 96 valence electrons. The number of nitrogens with zero attached hydrogens (tertiary/aromatic N) is 2. The van der Waals surface area contributed by atoms with Gasteiger partial charge >= 0.3 is 11.8 Å². The second-order valence-electron chi connectivity index (χ2n) is 4.94. The Kier molecular flexibility index (Phi) is 2.98. The predicted molar refractivity (Wildman–Crippen MR) is 68.7 cm³/mol. The van der Waals surface area contributed by atoms with E-state index in [9.17, 15) is 13.8 Å². The molecule has 2 amide bonds. The van der Waals surface area contributed by atoms with Gasteiger partial charge < -0.3 is 0 Å². The Hall–Kier alpha value is -1.69. The molecule has 1 unspecified atom stereocenters. The molecule has 1 aromatic rings. The highest BCUT2D eigenvalue weighted by Crippen LogP contribution is 2.29. The molecule has 2 rings (SSSR count). The summed E-state index contributed by atoms with van der Waals surface area (Å²) in [5, 5.41) is 0. The summed E-state index contributed by atoms with van der Waals surface area (Å²) in [5.74, 6) is -1.49. The van der Waals surface area contributed by atoms with Crippen molar-refractivity contribution in [1.29, 1.82) is 0 Å². The Balaban J connectivity index is 2.45. The maximum Gasteiger partial charge on any atom is 0.330 e. The van der Waals surface area contributed by atoms with Gasteiger partial charge in [-0.05, 0) is 32.9 Å². The summed E-state index contributed by atoms with van der Waals surface area (Å²) in [7, 11) is 0. The first-order valence-electron chi connectivity index (χ1n) is 5.50. The Morgan fingerprint density at radius 3 is 2.00 bits per heavy atom. The summed E-state index contributed by atoms with van der Waals surface area (Å²) in [6.07, 6.45) is 0. The smallest absolute Gasteiger partial charge is 0.262 e. The van der Waals surface area contributed by atoms with Crippen LogP contribution in [0.15, 0.2) is 30.3 Å². The van der Waals surface area contributed by atoms with Gasteiger partial charge in [-0.1, -0.05) is 18.2 Å². The number of hydrogen-bond donors (Lipinski definition) is 0. The van der Waals surface area contributed by atoms with E-state index in [0.29, 0.717) is 5.69 Å². The Bertz CT molecular complexity index is 522. The molecule has 1 fully saturated rings. The molecule has 1 aliphatic rings. The van der Waals surface area contributed by atoms with Crippen molar-refractivity contribution in [3.8, 4) is 0 Å². The molecule has 0 radical (unpaired) electrons. The van der Waals surface area contributed by atoms with Crippen LogP contribution in [-0.2, 0) is 20.8 Å². The highest BCUT2D eigenvalue weighted by atomic mass is 32.2. The van der Waals surface area contributed by atoms with Crippen molar-refractivity contribution >= 4 is 28.7 Å². The normalized spacial score (nSPS) is 20.7. The third-order valence-corrected chi connectivity index (χ3v) is 4.18. The number of carbonyl (C=O) groups excluding carboxylic acids is 2. The molecule has 0 aromatic heterocycles. The maximum absolute atomic E-state index is 12.3. The Labute approximate surface area is 108 Å². The zero-order chi connectivity index (χ0) is 13.5. The third kappa shape index (κ3) is 1.92. The third-order valence-electron chi connectivity index (χ3n) is 2.46. The minimum atomic E-state index is -1.81. The van der Waals surface area contributed by atoms with Crippen molar-refractivity contribution < 1.29 is 13.8 Å². The molecule has 0 saturated carbocycles. The fourth-order valence-electron chi connectivity index (χ4n) is 1.71. The van der Waals surface area contributed by atoms with Crippen LogP contribution in [-0.4, -0.2) is 25.9 Å². The van der Waals surface area contributed by atoms with Gasteiger partial charge in [0.2, 0.25) is 11.2 Å². The lowest BCUT2D eigenvalue weighted by atomic mass is 10.1. The van der Waals surface area contributed by atoms with Crippen molar-refractivity contribution in [1.82, 2.24) is 4.31 Å². The summed E-state index contributed by atoms with van der Waals surface area (Å²) >= 11 is -1.81. The van der Waals surface area contributed by atoms with Crippen LogP contribution >= 0.6 is 0 Å². The van der Waals surface area contributed by atoms with Gasteiger partial charge in [-0.3, -0.25) is 9.59 Å². The molecule has 1 aromatic carbocycles. The van der Waals surface area contributed by atoms with Crippen LogP contribution in [0.2, 0.25) is 0 Å². The summed E-state index contributed by atoms with van der Waals surface area (Å²) < 4.78 is 14.4. The van der Waals surface area contributed by atoms with Gasteiger partial charge in [0.25, 0.3) is 0 Å². The second-order valence-corrected chi connectivity index (χ2v) is 6.13. The topological polar surface area (TPSA) is 57.7 Å². The number of benzene rings is 1. The van der Waals surface area contributed by atoms with Crippen LogP contribution in [0.3, 0.4) is 0 Å². The fraction of sp³-hybridized carbons (Fsp3) is 0.333. The van der Waals surface area contributed by atoms with E-state index in [-0.39, 0.29) is 0 Å². The molecule has 0 bridgehead atoms. The van der Waals surface area contributed by atoms with Crippen molar-refractivity contribution in [2.24, 2.45) is 0 Å². The molecule has 1 saturated heterocycles. The molecule has 18 heavy (non-hydrogen) atoms. The molecule has 5 nitrogen and oxygen atoms in total. The molecule has 0 aliphatic carbocycles. The Morgan fingerprint density at radius 1 is 1.00 bits per heavy atom. The quantitative estimate of drug-likeness (QED) is 0.719. The predicted octanol–water partition coefficient (Wildman–Crippen LogP) is 1.24. The van der Waals surface area contributed by atoms with Crippen LogP contribution in [0, 0.1) is 0 Å². The largest absolute Gasteiger partial charge is 0.330 e. The van der Waals surface area contributed by atoms with Crippen LogP contribution < -0.4 is 4.31 Å². The van der Waals surface area contributed by atoms with Crippen molar-refractivity contribution in [2.75, 3.05) is 4.31 Å². The van der Waals surface area contributed by atoms with Gasteiger partial charge in [0.1, 0.15) is 0 Å². The maximum atomic E-state index is 12.3. The Morgan fingerprint density at radius 2 is 1.56 bits per heavy atom. The summed E-state index contributed by atoms with van der Waals surface area (Å²) in [4.78, 5) is 23.8. The highest BCUT2D eigenvalue weighted by molar-refractivity contribution is 7.87. The zero-order valence-electron chi connectivity index (χ0n) is 10.4. The summed E-state index contributed by atoms with van der Waals surface area (Å²) in [6, 6.07) is 8.54. The lowest BCUT2D eigenvalue weighted by Crippen LogP contribution is -2.43. The summed E-state index contributed by atoms with van der Waals surface area (Å²) in [6.45, 7) is 5.22. The molecular formula is C12H14N2O3S. The van der Waals surface area contributed by atoms with E-state index in [0.717, 1.165) is 8.61 Å². The van der Waals surface area contributed by atoms with Crippen LogP contribution in [0.4, 0.5) is 5.69 Å². The molecule has 1 atom stereocenters. The van der Waals surface area contributed by atoms with E-state index < -0.39 is 28.5 Å². The minimum absolute atomic E-state index is 0.459. The average molecular weight is 266 g/mol. The molecule has 1 aliphatic heterocycles. The zero-order valence-corrected chi connectivity index (χ0v) is 11.2. The summed E-state index contributed by atoms with van der Waals surface area (Å²) in [5.41, 5.74) is -0.206. The van der Waals surface area contributed by atoms with E-state index in [2.05, 4.69) is 0 Å². The van der Waals surface area contributed by atoms with E-state index in [1.807, 2.05) is 0 Å². The number of anilines is 1. The van der Waals surface area contributed by atoms with Gasteiger partial charge in [0, 0.05) is 0 Å². The molecule has 6 heteroatoms. The van der Waals surface area contributed by atoms with Crippen LogP contribution in [0.5, 0.6) is 0 Å². The van der Waals surface area contributed by atoms with Gasteiger partial charge in [0.15, 0.2) is 0 Å². The average Bonchev–Trinajstić information content (AvgIpc) is 2.50. The van der Waals surface area contributed by atoms with Crippen LogP contribution in [0.1, 0.15) is 20.8 Å². The molecule has 1 heterocycles. The van der Waals surface area contributed by atoms with E-state index in [1.54, 1.807) is 51.1 Å². The number of para-hydroxylation sites is 1. The SMILES string of the molecule is CC(C)(C)N1C(=O)C(=O)N(c2ccccc2)S1=O. The van der Waals surface area contributed by atoms with Crippen LogP contribution in [0.25, 0.3) is 0 Å². The van der Waals surface area contributed by atoms with Gasteiger partial charge in [-0.15, -0.1) is 0 Å². The number of amides is 2. The first-order valence-corrected chi connectivity index (χ1v) is 6.56. The van der Waals surface area contributed by atoms with Gasteiger partial charge in [-0.2, -0.15) is 0 Å². The highest BCUT2D eigenvalue weighted by Gasteiger charge is 2.49. The minimum Gasteiger partial charge on any atom is -0.262 e. The monoisotopic (exact) mass is 266 g/mol. The van der Waals surface area contributed by atoms with E-state index in [1.165, 1.54) is 0 Å². The fourth-order valence-corrected chi connectivity index (χ4v) is 3.08. The first-order chi connectivity index (χ1) is 8.34. The lowest BCUT2D eigenvalue weighted by molar-refractivity contribution is -0.140. The number of hydrogen-bond acceptors (Lipinski definition) is 3. The number of carbonyl (C=O) groups is 2. The van der Waals surface area contributed by atoms with E-state index >= 15 is 0 Å². The van der Waals surface area contributed by atoms with Crippen molar-refractivity contribution in [3.63, 3.8) is 0 Å². The second kappa shape index (κ2) is 4.20. The van der Waals surface area contributed by atoms with E-state index in [4.69, 9.17) is 0 Å². The lowest BCUT2D eigenvalue weighted by Gasteiger charge is -2.28. The standard InChI is InChI=1S/C12H14N2O3S/c1-12(2,3)14-11(16)10(15)13(18(14)17)9-7-5-4-6-8-9/h4-8H,1-3H3. The molecule has 0 spiro atoms. The van der Waals surface area contributed by atoms with Crippen molar-refractivity contribution in [3.05, 3.63) is 30.3 Å². The first kappa shape index (κ1) is 12.8. The van der Waals surface area contributed by atoms with Gasteiger partial charge in [-0.25, -0.2) is 12.8 Å². The van der Waals surface area contributed by atoms with Crippen molar-refractivity contribution in [2.45, 2.75) is 26.3 Å². The molecule has 0 N–H and O–H groups in total. The number of rotatable bonds is 1. The molecular weight excluding hydrogens is 252 g/mol. The van der Waals surface area contributed by atoms with Gasteiger partial charge in [0.05, 0.1) is 11.2 Å².